The average molecular weight is 279 g/mol. The Kier molecular flexibility index (Phi) is 5.17. The molecule has 1 aromatic carbocycles. The maximum Gasteiger partial charge on any atom is 0.333 e. The third-order valence-electron chi connectivity index (χ3n) is 3.67. The highest BCUT2D eigenvalue weighted by molar-refractivity contribution is 5.68. The van der Waals surface area contributed by atoms with Crippen molar-refractivity contribution in [2.24, 2.45) is 5.92 Å². The Bertz CT molecular complexity index is 459. The van der Waals surface area contributed by atoms with Crippen LogP contribution in [-0.4, -0.2) is 31.7 Å². The molecule has 6 heteroatoms. The van der Waals surface area contributed by atoms with Crippen molar-refractivity contribution in [3.05, 3.63) is 28.3 Å². The number of methoxy groups -OCH3 is 1. The maximum atomic E-state index is 11.1. The maximum absolute atomic E-state index is 11.1. The van der Waals surface area contributed by atoms with Gasteiger partial charge in [0.2, 0.25) is 0 Å². The Morgan fingerprint density at radius 3 is 3.05 bits per heavy atom. The fourth-order valence-electron chi connectivity index (χ4n) is 2.60. The van der Waals surface area contributed by atoms with Gasteiger partial charge in [-0.2, -0.15) is 0 Å². The second-order valence-corrected chi connectivity index (χ2v) is 5.04. The summed E-state index contributed by atoms with van der Waals surface area (Å²) in [5.41, 5.74) is 0.537. The third kappa shape index (κ3) is 3.60. The van der Waals surface area contributed by atoms with Crippen LogP contribution in [0, 0.1) is 16.0 Å². The summed E-state index contributed by atoms with van der Waals surface area (Å²) in [7, 11) is 1.44. The van der Waals surface area contributed by atoms with Gasteiger partial charge in [-0.05, 0) is 50.4 Å². The van der Waals surface area contributed by atoms with Gasteiger partial charge in [-0.3, -0.25) is 10.1 Å². The van der Waals surface area contributed by atoms with E-state index < -0.39 is 4.92 Å². The van der Waals surface area contributed by atoms with E-state index in [1.165, 1.54) is 20.0 Å². The standard InChI is InChI=1S/C14H21N3O3/c1-20-13-6-2-5-12(14(13)17(18)19)16-9-7-11-4-3-8-15-10-11/h2,5-6,11,15-16H,3-4,7-10H2,1H3. The van der Waals surface area contributed by atoms with Crippen molar-refractivity contribution in [3.8, 4) is 5.75 Å². The van der Waals surface area contributed by atoms with Crippen molar-refractivity contribution in [1.29, 1.82) is 0 Å². The van der Waals surface area contributed by atoms with Gasteiger partial charge in [-0.25, -0.2) is 0 Å². The highest BCUT2D eigenvalue weighted by atomic mass is 16.6. The van der Waals surface area contributed by atoms with Crippen LogP contribution in [0.5, 0.6) is 5.75 Å². The third-order valence-corrected chi connectivity index (χ3v) is 3.67. The first-order valence-corrected chi connectivity index (χ1v) is 6.98. The van der Waals surface area contributed by atoms with E-state index >= 15 is 0 Å². The zero-order valence-electron chi connectivity index (χ0n) is 11.7. The minimum absolute atomic E-state index is 0.0109. The molecule has 1 heterocycles. The first kappa shape index (κ1) is 14.6. The minimum atomic E-state index is -0.399. The Hall–Kier alpha value is -1.82. The van der Waals surface area contributed by atoms with Crippen molar-refractivity contribution >= 4 is 11.4 Å². The molecule has 1 aliphatic heterocycles. The first-order chi connectivity index (χ1) is 9.72. The number of nitrogens with one attached hydrogen (secondary N) is 2. The number of nitro groups is 1. The smallest absolute Gasteiger partial charge is 0.333 e. The van der Waals surface area contributed by atoms with Crippen LogP contribution in [0.1, 0.15) is 19.3 Å². The van der Waals surface area contributed by atoms with Gasteiger partial charge in [0.05, 0.1) is 12.0 Å². The number of anilines is 1. The molecule has 20 heavy (non-hydrogen) atoms. The molecule has 1 atom stereocenters. The number of hydrogen-bond acceptors (Lipinski definition) is 5. The molecule has 6 nitrogen and oxygen atoms in total. The number of rotatable bonds is 6. The van der Waals surface area contributed by atoms with E-state index in [-0.39, 0.29) is 5.69 Å². The average Bonchev–Trinajstić information content (AvgIpc) is 2.47. The largest absolute Gasteiger partial charge is 0.490 e. The summed E-state index contributed by atoms with van der Waals surface area (Å²) in [6.45, 7) is 2.88. The topological polar surface area (TPSA) is 76.4 Å². The zero-order valence-corrected chi connectivity index (χ0v) is 11.7. The lowest BCUT2D eigenvalue weighted by molar-refractivity contribution is -0.384. The van der Waals surface area contributed by atoms with Gasteiger partial charge in [-0.1, -0.05) is 6.07 Å². The molecule has 1 fully saturated rings. The second kappa shape index (κ2) is 7.09. The van der Waals surface area contributed by atoms with Gasteiger partial charge in [0, 0.05) is 6.54 Å². The molecule has 1 unspecified atom stereocenters. The van der Waals surface area contributed by atoms with Gasteiger partial charge in [0.1, 0.15) is 5.69 Å². The number of nitro benzene ring substituents is 1. The Labute approximate surface area is 118 Å². The van der Waals surface area contributed by atoms with Crippen LogP contribution in [0.2, 0.25) is 0 Å². The lowest BCUT2D eigenvalue weighted by Gasteiger charge is -2.22. The summed E-state index contributed by atoms with van der Waals surface area (Å²) < 4.78 is 5.05. The summed E-state index contributed by atoms with van der Waals surface area (Å²) in [5, 5.41) is 17.7. The highest BCUT2D eigenvalue weighted by Crippen LogP contribution is 2.34. The van der Waals surface area contributed by atoms with Crippen molar-refractivity contribution in [2.45, 2.75) is 19.3 Å². The van der Waals surface area contributed by atoms with Gasteiger partial charge in [0.15, 0.2) is 5.75 Å². The van der Waals surface area contributed by atoms with E-state index in [9.17, 15) is 10.1 Å². The first-order valence-electron chi connectivity index (χ1n) is 6.98. The fraction of sp³-hybridized carbons (Fsp3) is 0.571. The van der Waals surface area contributed by atoms with E-state index in [4.69, 9.17) is 4.74 Å². The van der Waals surface area contributed by atoms with Crippen LogP contribution in [-0.2, 0) is 0 Å². The van der Waals surface area contributed by atoms with E-state index in [1.807, 2.05) is 0 Å². The van der Waals surface area contributed by atoms with Crippen molar-refractivity contribution in [1.82, 2.24) is 5.32 Å². The summed E-state index contributed by atoms with van der Waals surface area (Å²) in [4.78, 5) is 10.7. The lowest BCUT2D eigenvalue weighted by Crippen LogP contribution is -2.30. The molecule has 0 amide bonds. The molecule has 0 radical (unpaired) electrons. The Morgan fingerprint density at radius 1 is 1.55 bits per heavy atom. The Balaban J connectivity index is 1.96. The minimum Gasteiger partial charge on any atom is -0.490 e. The van der Waals surface area contributed by atoms with Crippen LogP contribution < -0.4 is 15.4 Å². The molecule has 0 aliphatic carbocycles. The van der Waals surface area contributed by atoms with Crippen LogP contribution in [0.3, 0.4) is 0 Å². The molecule has 0 aromatic heterocycles. The number of hydrogen-bond donors (Lipinski definition) is 2. The van der Waals surface area contributed by atoms with Gasteiger partial charge < -0.3 is 15.4 Å². The molecular formula is C14H21N3O3. The summed E-state index contributed by atoms with van der Waals surface area (Å²) in [5.74, 6) is 0.945. The van der Waals surface area contributed by atoms with Gasteiger partial charge in [0.25, 0.3) is 0 Å². The lowest BCUT2D eigenvalue weighted by atomic mass is 9.96. The van der Waals surface area contributed by atoms with Crippen LogP contribution in [0.25, 0.3) is 0 Å². The zero-order chi connectivity index (χ0) is 14.4. The number of piperidine rings is 1. The van der Waals surface area contributed by atoms with Gasteiger partial charge in [-0.15, -0.1) is 0 Å². The molecular weight excluding hydrogens is 258 g/mol. The number of ether oxygens (including phenoxy) is 1. The van der Waals surface area contributed by atoms with Crippen LogP contribution >= 0.6 is 0 Å². The second-order valence-electron chi connectivity index (χ2n) is 5.04. The van der Waals surface area contributed by atoms with E-state index in [0.717, 1.165) is 26.1 Å². The molecule has 110 valence electrons. The van der Waals surface area contributed by atoms with Crippen LogP contribution in [0.15, 0.2) is 18.2 Å². The molecule has 1 saturated heterocycles. The Morgan fingerprint density at radius 2 is 2.40 bits per heavy atom. The molecule has 1 aliphatic rings. The van der Waals surface area contributed by atoms with Crippen molar-refractivity contribution in [3.63, 3.8) is 0 Å². The van der Waals surface area contributed by atoms with Gasteiger partial charge >= 0.3 is 5.69 Å². The predicted octanol–water partition coefficient (Wildman–Crippen LogP) is 2.41. The van der Waals surface area contributed by atoms with E-state index in [1.54, 1.807) is 18.2 Å². The quantitative estimate of drug-likeness (QED) is 0.617. The highest BCUT2D eigenvalue weighted by Gasteiger charge is 2.20. The van der Waals surface area contributed by atoms with Crippen molar-refractivity contribution < 1.29 is 9.66 Å². The molecule has 0 bridgehead atoms. The number of nitrogens with zero attached hydrogens (tertiary/aromatic N) is 1. The summed E-state index contributed by atoms with van der Waals surface area (Å²) >= 11 is 0. The molecule has 1 aromatic rings. The molecule has 0 spiro atoms. The van der Waals surface area contributed by atoms with Crippen molar-refractivity contribution in [2.75, 3.05) is 32.1 Å². The molecule has 2 rings (SSSR count). The number of para-hydroxylation sites is 1. The van der Waals surface area contributed by atoms with E-state index in [0.29, 0.717) is 17.4 Å². The normalized spacial score (nSPS) is 18.6. The SMILES string of the molecule is COc1cccc(NCCC2CCCNC2)c1[N+](=O)[O-]. The summed E-state index contributed by atoms with van der Waals surface area (Å²) in [6, 6.07) is 5.09. The number of benzene rings is 1. The molecule has 2 N–H and O–H groups in total. The predicted molar refractivity (Wildman–Crippen MR) is 78.3 cm³/mol. The summed E-state index contributed by atoms with van der Waals surface area (Å²) in [6.07, 6.45) is 3.46. The van der Waals surface area contributed by atoms with Crippen LogP contribution in [0.4, 0.5) is 11.4 Å². The molecule has 0 saturated carbocycles. The van der Waals surface area contributed by atoms with E-state index in [2.05, 4.69) is 10.6 Å². The fourth-order valence-corrected chi connectivity index (χ4v) is 2.60. The monoisotopic (exact) mass is 279 g/mol.